The largest absolute Gasteiger partial charge is 0.399 e. The van der Waals surface area contributed by atoms with E-state index >= 15 is 0 Å². The predicted octanol–water partition coefficient (Wildman–Crippen LogP) is 9.37. The third-order valence-corrected chi connectivity index (χ3v) is 7.36. The van der Waals surface area contributed by atoms with E-state index in [2.05, 4.69) is 138 Å². The van der Waals surface area contributed by atoms with Gasteiger partial charge in [-0.3, -0.25) is 0 Å². The second kappa shape index (κ2) is 9.10. The highest BCUT2D eigenvalue weighted by atomic mass is 15.0. The number of rotatable bonds is 4. The average Bonchev–Trinajstić information content (AvgIpc) is 3.32. The summed E-state index contributed by atoms with van der Waals surface area (Å²) in [5.41, 5.74) is 17.5. The molecule has 2 N–H and O–H groups in total. The van der Waals surface area contributed by atoms with Crippen LogP contribution in [0.4, 0.5) is 5.69 Å². The van der Waals surface area contributed by atoms with Gasteiger partial charge in [0.05, 0.1) is 16.7 Å². The number of para-hydroxylation sites is 3. The van der Waals surface area contributed by atoms with Crippen LogP contribution in [0.15, 0.2) is 146 Å². The number of hydrogen-bond donors (Lipinski definition) is 1. The molecule has 0 aliphatic carbocycles. The van der Waals surface area contributed by atoms with Gasteiger partial charge < -0.3 is 10.3 Å². The molecule has 0 unspecified atom stereocenters. The third kappa shape index (κ3) is 3.66. The molecule has 0 bridgehead atoms. The van der Waals surface area contributed by atoms with Gasteiger partial charge in [-0.25, -0.2) is 0 Å². The maximum absolute atomic E-state index is 6.06. The zero-order valence-electron chi connectivity index (χ0n) is 20.9. The number of nitrogens with two attached hydrogens (primary N) is 1. The summed E-state index contributed by atoms with van der Waals surface area (Å²) in [4.78, 5) is 0. The number of nitrogen functional groups attached to an aromatic ring is 1. The first kappa shape index (κ1) is 22.1. The molecule has 1 heterocycles. The van der Waals surface area contributed by atoms with Crippen molar-refractivity contribution in [3.63, 3.8) is 0 Å². The molecule has 7 aromatic rings. The van der Waals surface area contributed by atoms with E-state index in [4.69, 9.17) is 5.73 Å². The van der Waals surface area contributed by atoms with Crippen molar-refractivity contribution in [3.8, 4) is 39.1 Å². The number of hydrogen-bond acceptors (Lipinski definition) is 1. The summed E-state index contributed by atoms with van der Waals surface area (Å²) in [6.45, 7) is 0. The lowest BCUT2D eigenvalue weighted by Crippen LogP contribution is -2.00. The zero-order valence-corrected chi connectivity index (χ0v) is 20.9. The van der Waals surface area contributed by atoms with Crippen LogP contribution >= 0.6 is 0 Å². The molecule has 2 nitrogen and oxygen atoms in total. The van der Waals surface area contributed by atoms with E-state index < -0.39 is 0 Å². The molecule has 0 radical (unpaired) electrons. The first-order valence-corrected chi connectivity index (χ1v) is 12.9. The fourth-order valence-electron chi connectivity index (χ4n) is 5.55. The fourth-order valence-corrected chi connectivity index (χ4v) is 5.55. The summed E-state index contributed by atoms with van der Waals surface area (Å²) in [6, 6.07) is 51.6. The van der Waals surface area contributed by atoms with E-state index in [9.17, 15) is 0 Å². The molecule has 2 heteroatoms. The minimum absolute atomic E-state index is 0.764. The predicted molar refractivity (Wildman–Crippen MR) is 162 cm³/mol. The van der Waals surface area contributed by atoms with Crippen molar-refractivity contribution in [1.82, 2.24) is 4.57 Å². The molecule has 0 atom stereocenters. The summed E-state index contributed by atoms with van der Waals surface area (Å²) in [5, 5.41) is 2.50. The highest BCUT2D eigenvalue weighted by molar-refractivity contribution is 6.10. The molecule has 0 saturated heterocycles. The molecule has 0 aliphatic heterocycles. The molecule has 0 amide bonds. The maximum Gasteiger partial charge on any atom is 0.0618 e. The van der Waals surface area contributed by atoms with Crippen molar-refractivity contribution in [2.45, 2.75) is 0 Å². The van der Waals surface area contributed by atoms with E-state index in [1.54, 1.807) is 0 Å². The average molecular weight is 487 g/mol. The first-order chi connectivity index (χ1) is 18.8. The van der Waals surface area contributed by atoms with E-state index in [-0.39, 0.29) is 0 Å². The quantitative estimate of drug-likeness (QED) is 0.247. The van der Waals surface area contributed by atoms with E-state index in [0.29, 0.717) is 0 Å². The number of fused-ring (bicyclic) bond motifs is 3. The Balaban J connectivity index is 1.53. The van der Waals surface area contributed by atoms with Gasteiger partial charge >= 0.3 is 0 Å². The molecule has 6 aromatic carbocycles. The minimum Gasteiger partial charge on any atom is -0.399 e. The molecule has 180 valence electrons. The molecule has 0 fully saturated rings. The van der Waals surface area contributed by atoms with Crippen LogP contribution in [-0.4, -0.2) is 4.57 Å². The molecule has 0 spiro atoms. The Labute approximate surface area is 222 Å². The van der Waals surface area contributed by atoms with E-state index in [1.165, 1.54) is 55.3 Å². The van der Waals surface area contributed by atoms with Crippen LogP contribution in [0.5, 0.6) is 0 Å². The Morgan fingerprint density at radius 2 is 0.816 bits per heavy atom. The zero-order chi connectivity index (χ0) is 25.5. The smallest absolute Gasteiger partial charge is 0.0618 e. The molecular formula is C36H26N2. The minimum atomic E-state index is 0.764. The van der Waals surface area contributed by atoms with Crippen molar-refractivity contribution < 1.29 is 0 Å². The lowest BCUT2D eigenvalue weighted by atomic mass is 9.94. The van der Waals surface area contributed by atoms with Gasteiger partial charge in [-0.15, -0.1) is 0 Å². The lowest BCUT2D eigenvalue weighted by molar-refractivity contribution is 1.18. The molecule has 0 saturated carbocycles. The Hall–Kier alpha value is -5.08. The Bertz CT molecular complexity index is 1840. The van der Waals surface area contributed by atoms with Crippen LogP contribution in [0.25, 0.3) is 60.9 Å². The Morgan fingerprint density at radius 1 is 0.368 bits per heavy atom. The molecule has 0 aliphatic rings. The fraction of sp³-hybridized carbons (Fsp3) is 0. The molecule has 7 rings (SSSR count). The number of anilines is 1. The van der Waals surface area contributed by atoms with E-state index in [1.807, 2.05) is 12.1 Å². The van der Waals surface area contributed by atoms with Gasteiger partial charge in [-0.1, -0.05) is 121 Å². The second-order valence-corrected chi connectivity index (χ2v) is 9.64. The van der Waals surface area contributed by atoms with Gasteiger partial charge in [0.15, 0.2) is 0 Å². The van der Waals surface area contributed by atoms with Crippen molar-refractivity contribution in [2.75, 3.05) is 5.73 Å². The summed E-state index contributed by atoms with van der Waals surface area (Å²) >= 11 is 0. The van der Waals surface area contributed by atoms with Crippen molar-refractivity contribution >= 4 is 27.5 Å². The van der Waals surface area contributed by atoms with Gasteiger partial charge in [-0.05, 0) is 46.5 Å². The van der Waals surface area contributed by atoms with Gasteiger partial charge in [0, 0.05) is 27.6 Å². The van der Waals surface area contributed by atoms with Crippen LogP contribution in [0.1, 0.15) is 0 Å². The summed E-state index contributed by atoms with van der Waals surface area (Å²) in [7, 11) is 0. The van der Waals surface area contributed by atoms with Crippen LogP contribution in [0.3, 0.4) is 0 Å². The number of nitrogens with zero attached hydrogens (tertiary/aromatic N) is 1. The third-order valence-electron chi connectivity index (χ3n) is 7.36. The number of aromatic nitrogens is 1. The molecular weight excluding hydrogens is 460 g/mol. The molecule has 1 aromatic heterocycles. The first-order valence-electron chi connectivity index (χ1n) is 12.9. The standard InChI is InChI=1S/C36H26N2/c37-29-23-21-28(22-24-29)31-14-8-13-30(27-19-17-26(18-20-27)25-9-2-1-3-10-25)36(31)38-34-15-6-4-11-32(34)33-12-5-7-16-35(33)38/h1-24H,37H2. The van der Waals surface area contributed by atoms with Gasteiger partial charge in [0.1, 0.15) is 0 Å². The Kier molecular flexibility index (Phi) is 5.30. The topological polar surface area (TPSA) is 30.9 Å². The van der Waals surface area contributed by atoms with Crippen LogP contribution in [0.2, 0.25) is 0 Å². The highest BCUT2D eigenvalue weighted by Gasteiger charge is 2.19. The van der Waals surface area contributed by atoms with Crippen molar-refractivity contribution in [1.29, 1.82) is 0 Å². The SMILES string of the molecule is Nc1ccc(-c2cccc(-c3ccc(-c4ccccc4)cc3)c2-n2c3ccccc3c3ccccc32)cc1. The van der Waals surface area contributed by atoms with Crippen molar-refractivity contribution in [2.24, 2.45) is 0 Å². The summed E-state index contributed by atoms with van der Waals surface area (Å²) < 4.78 is 2.43. The monoisotopic (exact) mass is 486 g/mol. The number of benzene rings is 6. The Morgan fingerprint density at radius 3 is 1.39 bits per heavy atom. The maximum atomic E-state index is 6.06. The van der Waals surface area contributed by atoms with Gasteiger partial charge in [-0.2, -0.15) is 0 Å². The normalized spacial score (nSPS) is 11.3. The summed E-state index contributed by atoms with van der Waals surface area (Å²) in [5.74, 6) is 0. The second-order valence-electron chi connectivity index (χ2n) is 9.64. The lowest BCUT2D eigenvalue weighted by Gasteiger charge is -2.19. The molecule has 38 heavy (non-hydrogen) atoms. The van der Waals surface area contributed by atoms with Crippen LogP contribution in [-0.2, 0) is 0 Å². The van der Waals surface area contributed by atoms with Crippen LogP contribution < -0.4 is 5.73 Å². The van der Waals surface area contributed by atoms with Crippen LogP contribution in [0, 0.1) is 0 Å². The van der Waals surface area contributed by atoms with Crippen molar-refractivity contribution in [3.05, 3.63) is 146 Å². The summed E-state index contributed by atoms with van der Waals surface area (Å²) in [6.07, 6.45) is 0. The van der Waals surface area contributed by atoms with Gasteiger partial charge in [0.25, 0.3) is 0 Å². The highest BCUT2D eigenvalue weighted by Crippen LogP contribution is 2.41. The van der Waals surface area contributed by atoms with Gasteiger partial charge in [0.2, 0.25) is 0 Å². The van der Waals surface area contributed by atoms with E-state index in [0.717, 1.165) is 11.3 Å².